The summed E-state index contributed by atoms with van der Waals surface area (Å²) >= 11 is 1.68. The molecule has 0 aromatic carbocycles. The van der Waals surface area contributed by atoms with Gasteiger partial charge < -0.3 is 10.1 Å². The molecule has 1 unspecified atom stereocenters. The van der Waals surface area contributed by atoms with Crippen LogP contribution in [0, 0.1) is 0 Å². The maximum absolute atomic E-state index is 5.85. The number of hydrogen-bond donors (Lipinski definition) is 1. The van der Waals surface area contributed by atoms with Gasteiger partial charge in [0.15, 0.2) is 0 Å². The molecule has 80 valence electrons. The summed E-state index contributed by atoms with van der Waals surface area (Å²) in [5.41, 5.74) is 8.06. The third-order valence-corrected chi connectivity index (χ3v) is 3.01. The predicted molar refractivity (Wildman–Crippen MR) is 64.3 cm³/mol. The average Bonchev–Trinajstić information content (AvgIpc) is 2.56. The second kappa shape index (κ2) is 4.24. The Bertz CT molecular complexity index is 462. The van der Waals surface area contributed by atoms with Gasteiger partial charge in [-0.05, 0) is 25.3 Å². The molecule has 0 spiro atoms. The van der Waals surface area contributed by atoms with E-state index in [0.717, 1.165) is 17.1 Å². The van der Waals surface area contributed by atoms with Crippen molar-refractivity contribution in [2.45, 2.75) is 24.4 Å². The topological polar surface area (TPSA) is 43.3 Å². The van der Waals surface area contributed by atoms with Crippen LogP contribution < -0.4 is 5.73 Å². The largest absolute Gasteiger partial charge is 0.328 e. The highest BCUT2D eigenvalue weighted by Gasteiger charge is 2.11. The molecule has 0 aliphatic rings. The van der Waals surface area contributed by atoms with Gasteiger partial charge in [-0.1, -0.05) is 6.07 Å². The molecule has 2 aromatic heterocycles. The van der Waals surface area contributed by atoms with Crippen LogP contribution in [-0.2, 0) is 6.42 Å². The van der Waals surface area contributed by atoms with Crippen molar-refractivity contribution in [2.75, 3.05) is 6.26 Å². The van der Waals surface area contributed by atoms with E-state index in [0.29, 0.717) is 0 Å². The Kier molecular flexibility index (Phi) is 2.98. The lowest BCUT2D eigenvalue weighted by Gasteiger charge is -2.06. The molecule has 2 rings (SSSR count). The summed E-state index contributed by atoms with van der Waals surface area (Å²) in [5.74, 6) is 0. The van der Waals surface area contributed by atoms with E-state index in [2.05, 4.69) is 9.38 Å². The summed E-state index contributed by atoms with van der Waals surface area (Å²) in [6, 6.07) is 6.20. The van der Waals surface area contributed by atoms with Gasteiger partial charge in [-0.15, -0.1) is 11.8 Å². The molecule has 2 N–H and O–H groups in total. The molecule has 0 bridgehead atoms. The van der Waals surface area contributed by atoms with Crippen molar-refractivity contribution >= 4 is 17.4 Å². The summed E-state index contributed by atoms with van der Waals surface area (Å²) < 4.78 is 2.12. The van der Waals surface area contributed by atoms with Crippen LogP contribution in [-0.4, -0.2) is 21.7 Å². The average molecular weight is 221 g/mol. The number of pyridine rings is 1. The Morgan fingerprint density at radius 1 is 1.53 bits per heavy atom. The maximum atomic E-state index is 5.85. The van der Waals surface area contributed by atoms with Crippen LogP contribution in [0.15, 0.2) is 29.4 Å². The molecule has 2 heterocycles. The first-order valence-electron chi connectivity index (χ1n) is 4.98. The summed E-state index contributed by atoms with van der Waals surface area (Å²) in [6.07, 6.45) is 4.95. The van der Waals surface area contributed by atoms with Gasteiger partial charge in [0, 0.05) is 18.7 Å². The Hall–Kier alpha value is -1.00. The van der Waals surface area contributed by atoms with Gasteiger partial charge in [0.2, 0.25) is 0 Å². The minimum absolute atomic E-state index is 0.163. The minimum atomic E-state index is 0.163. The quantitative estimate of drug-likeness (QED) is 0.806. The maximum Gasteiger partial charge on any atom is 0.138 e. The first-order chi connectivity index (χ1) is 7.22. The lowest BCUT2D eigenvalue weighted by Crippen LogP contribution is -2.19. The van der Waals surface area contributed by atoms with E-state index in [1.165, 1.54) is 5.69 Å². The van der Waals surface area contributed by atoms with Crippen molar-refractivity contribution in [1.29, 1.82) is 0 Å². The highest BCUT2D eigenvalue weighted by Crippen LogP contribution is 2.22. The number of nitrogens with two attached hydrogens (primary N) is 1. The molecule has 0 saturated carbocycles. The number of nitrogens with zero attached hydrogens (tertiary/aromatic N) is 2. The molecule has 0 amide bonds. The molecular formula is C11H15N3S. The molecule has 3 nitrogen and oxygen atoms in total. The van der Waals surface area contributed by atoms with Crippen LogP contribution >= 0.6 is 11.8 Å². The molecule has 0 fully saturated rings. The standard InChI is InChI=1S/C11H15N3S/c1-8(12)7-9-11(15-2)13-10-5-3-4-6-14(9)10/h3-6,8H,7,12H2,1-2H3. The van der Waals surface area contributed by atoms with Crippen molar-refractivity contribution < 1.29 is 0 Å². The van der Waals surface area contributed by atoms with E-state index in [1.807, 2.05) is 37.6 Å². The molecule has 4 heteroatoms. The molecular weight excluding hydrogens is 206 g/mol. The third-order valence-electron chi connectivity index (χ3n) is 2.30. The van der Waals surface area contributed by atoms with Gasteiger partial charge in [-0.25, -0.2) is 4.98 Å². The van der Waals surface area contributed by atoms with Gasteiger partial charge in [-0.2, -0.15) is 0 Å². The molecule has 0 radical (unpaired) electrons. The van der Waals surface area contributed by atoms with Gasteiger partial charge in [-0.3, -0.25) is 0 Å². The summed E-state index contributed by atoms with van der Waals surface area (Å²) in [6.45, 7) is 2.02. The van der Waals surface area contributed by atoms with Crippen LogP contribution in [0.25, 0.3) is 5.65 Å². The fourth-order valence-electron chi connectivity index (χ4n) is 1.68. The lowest BCUT2D eigenvalue weighted by molar-refractivity contribution is 0.705. The number of imidazole rings is 1. The first kappa shape index (κ1) is 10.5. The van der Waals surface area contributed by atoms with Crippen molar-refractivity contribution in [1.82, 2.24) is 9.38 Å². The predicted octanol–water partition coefficient (Wildman–Crippen LogP) is 1.95. The van der Waals surface area contributed by atoms with E-state index in [9.17, 15) is 0 Å². The summed E-state index contributed by atoms with van der Waals surface area (Å²) in [5, 5.41) is 1.08. The number of hydrogen-bond acceptors (Lipinski definition) is 3. The second-order valence-corrected chi connectivity index (χ2v) is 4.47. The summed E-state index contributed by atoms with van der Waals surface area (Å²) in [4.78, 5) is 4.55. The van der Waals surface area contributed by atoms with Gasteiger partial charge >= 0.3 is 0 Å². The monoisotopic (exact) mass is 221 g/mol. The van der Waals surface area contributed by atoms with E-state index in [1.54, 1.807) is 11.8 Å². The van der Waals surface area contributed by atoms with Gasteiger partial charge in [0.05, 0.1) is 5.69 Å². The van der Waals surface area contributed by atoms with Crippen LogP contribution in [0.5, 0.6) is 0 Å². The normalized spacial score (nSPS) is 13.3. The molecule has 0 saturated heterocycles. The smallest absolute Gasteiger partial charge is 0.138 e. The fourth-order valence-corrected chi connectivity index (χ4v) is 2.28. The minimum Gasteiger partial charge on any atom is -0.328 e. The van der Waals surface area contributed by atoms with Crippen LogP contribution in [0.2, 0.25) is 0 Å². The highest BCUT2D eigenvalue weighted by molar-refractivity contribution is 7.98. The third kappa shape index (κ3) is 2.01. The van der Waals surface area contributed by atoms with E-state index < -0.39 is 0 Å². The SMILES string of the molecule is CSc1nc2ccccn2c1CC(C)N. The van der Waals surface area contributed by atoms with E-state index in [4.69, 9.17) is 5.73 Å². The molecule has 1 atom stereocenters. The van der Waals surface area contributed by atoms with Crippen molar-refractivity contribution in [3.05, 3.63) is 30.1 Å². The van der Waals surface area contributed by atoms with Gasteiger partial charge in [0.1, 0.15) is 10.7 Å². The Balaban J connectivity index is 2.56. The zero-order valence-corrected chi connectivity index (χ0v) is 9.79. The molecule has 0 aliphatic heterocycles. The van der Waals surface area contributed by atoms with E-state index >= 15 is 0 Å². The van der Waals surface area contributed by atoms with Crippen molar-refractivity contribution in [2.24, 2.45) is 5.73 Å². The van der Waals surface area contributed by atoms with Crippen LogP contribution in [0.4, 0.5) is 0 Å². The first-order valence-corrected chi connectivity index (χ1v) is 6.20. The number of rotatable bonds is 3. The molecule has 2 aromatic rings. The molecule has 15 heavy (non-hydrogen) atoms. The van der Waals surface area contributed by atoms with Crippen LogP contribution in [0.1, 0.15) is 12.6 Å². The number of aromatic nitrogens is 2. The zero-order chi connectivity index (χ0) is 10.8. The van der Waals surface area contributed by atoms with Crippen molar-refractivity contribution in [3.63, 3.8) is 0 Å². The van der Waals surface area contributed by atoms with Gasteiger partial charge in [0.25, 0.3) is 0 Å². The highest BCUT2D eigenvalue weighted by atomic mass is 32.2. The number of fused-ring (bicyclic) bond motifs is 1. The Labute approximate surface area is 93.7 Å². The Morgan fingerprint density at radius 3 is 3.00 bits per heavy atom. The second-order valence-electron chi connectivity index (χ2n) is 3.68. The zero-order valence-electron chi connectivity index (χ0n) is 8.97. The summed E-state index contributed by atoms with van der Waals surface area (Å²) in [7, 11) is 0. The molecule has 0 aliphatic carbocycles. The van der Waals surface area contributed by atoms with Crippen LogP contribution in [0.3, 0.4) is 0 Å². The van der Waals surface area contributed by atoms with E-state index in [-0.39, 0.29) is 6.04 Å². The Morgan fingerprint density at radius 2 is 2.33 bits per heavy atom. The fraction of sp³-hybridized carbons (Fsp3) is 0.364. The lowest BCUT2D eigenvalue weighted by atomic mass is 10.2. The number of thioether (sulfide) groups is 1. The van der Waals surface area contributed by atoms with Crippen molar-refractivity contribution in [3.8, 4) is 0 Å².